The van der Waals surface area contributed by atoms with Gasteiger partial charge < -0.3 is 0 Å². The molecule has 0 spiro atoms. The average Bonchev–Trinajstić information content (AvgIpc) is 2.30. The Morgan fingerprint density at radius 2 is 1.88 bits per heavy atom. The Morgan fingerprint density at radius 1 is 1.12 bits per heavy atom. The molecular formula is C15H19N. The van der Waals surface area contributed by atoms with Gasteiger partial charge in [0, 0.05) is 17.8 Å². The minimum atomic E-state index is 0.610. The van der Waals surface area contributed by atoms with Crippen molar-refractivity contribution in [3.05, 3.63) is 42.2 Å². The quantitative estimate of drug-likeness (QED) is 0.737. The Morgan fingerprint density at radius 3 is 2.56 bits per heavy atom. The zero-order valence-electron chi connectivity index (χ0n) is 10.3. The molecule has 1 heterocycles. The highest BCUT2D eigenvalue weighted by Gasteiger charge is 2.16. The lowest BCUT2D eigenvalue weighted by atomic mass is 9.85. The van der Waals surface area contributed by atoms with E-state index in [2.05, 4.69) is 50.0 Å². The molecule has 1 atom stereocenters. The van der Waals surface area contributed by atoms with Crippen LogP contribution in [-0.4, -0.2) is 4.98 Å². The van der Waals surface area contributed by atoms with E-state index in [1.807, 2.05) is 12.4 Å². The Balaban J connectivity index is 2.59. The maximum absolute atomic E-state index is 4.36. The van der Waals surface area contributed by atoms with E-state index in [0.29, 0.717) is 11.8 Å². The average molecular weight is 213 g/mol. The molecule has 0 aliphatic rings. The van der Waals surface area contributed by atoms with Gasteiger partial charge in [-0.3, -0.25) is 4.98 Å². The third-order valence-corrected chi connectivity index (χ3v) is 3.34. The van der Waals surface area contributed by atoms with Crippen LogP contribution in [0.25, 0.3) is 10.8 Å². The standard InChI is InChI=1S/C15H19N/c1-4-13(11(2)3)15-10-16-9-12-7-5-6-8-14(12)15/h5-11,13H,4H2,1-3H3. The zero-order chi connectivity index (χ0) is 11.5. The minimum Gasteiger partial charge on any atom is -0.264 e. The van der Waals surface area contributed by atoms with Crippen molar-refractivity contribution in [2.45, 2.75) is 33.1 Å². The van der Waals surface area contributed by atoms with Gasteiger partial charge in [-0.2, -0.15) is 0 Å². The molecule has 0 saturated heterocycles. The monoisotopic (exact) mass is 213 g/mol. The van der Waals surface area contributed by atoms with E-state index >= 15 is 0 Å². The van der Waals surface area contributed by atoms with Crippen molar-refractivity contribution in [1.82, 2.24) is 4.98 Å². The molecule has 2 rings (SSSR count). The van der Waals surface area contributed by atoms with E-state index in [1.54, 1.807) is 0 Å². The molecule has 1 aromatic carbocycles. The smallest absolute Gasteiger partial charge is 0.0346 e. The first kappa shape index (κ1) is 11.1. The molecule has 1 heteroatoms. The molecule has 2 aromatic rings. The van der Waals surface area contributed by atoms with Gasteiger partial charge in [-0.15, -0.1) is 0 Å². The second-order valence-electron chi connectivity index (χ2n) is 4.71. The Kier molecular flexibility index (Phi) is 3.23. The summed E-state index contributed by atoms with van der Waals surface area (Å²) in [6.45, 7) is 6.83. The molecule has 0 radical (unpaired) electrons. The fourth-order valence-corrected chi connectivity index (χ4v) is 2.49. The van der Waals surface area contributed by atoms with E-state index in [9.17, 15) is 0 Å². The number of nitrogens with zero attached hydrogens (tertiary/aromatic N) is 1. The largest absolute Gasteiger partial charge is 0.264 e. The number of benzene rings is 1. The van der Waals surface area contributed by atoms with Gasteiger partial charge in [0.1, 0.15) is 0 Å². The van der Waals surface area contributed by atoms with Crippen molar-refractivity contribution in [2.75, 3.05) is 0 Å². The number of hydrogen-bond acceptors (Lipinski definition) is 1. The van der Waals surface area contributed by atoms with Crippen molar-refractivity contribution in [1.29, 1.82) is 0 Å². The summed E-state index contributed by atoms with van der Waals surface area (Å²) in [6.07, 6.45) is 5.16. The van der Waals surface area contributed by atoms with Crippen LogP contribution in [0.1, 0.15) is 38.7 Å². The van der Waals surface area contributed by atoms with Crippen LogP contribution in [0.5, 0.6) is 0 Å². The van der Waals surface area contributed by atoms with Crippen molar-refractivity contribution in [3.63, 3.8) is 0 Å². The maximum Gasteiger partial charge on any atom is 0.0346 e. The van der Waals surface area contributed by atoms with Gasteiger partial charge in [0.05, 0.1) is 0 Å². The number of rotatable bonds is 3. The van der Waals surface area contributed by atoms with Crippen LogP contribution >= 0.6 is 0 Å². The fourth-order valence-electron chi connectivity index (χ4n) is 2.49. The Bertz CT molecular complexity index is 468. The molecule has 16 heavy (non-hydrogen) atoms. The molecule has 0 saturated carbocycles. The molecule has 0 aliphatic carbocycles. The fraction of sp³-hybridized carbons (Fsp3) is 0.400. The summed E-state index contributed by atoms with van der Waals surface area (Å²) < 4.78 is 0. The summed E-state index contributed by atoms with van der Waals surface area (Å²) in [4.78, 5) is 4.36. The molecule has 84 valence electrons. The lowest BCUT2D eigenvalue weighted by molar-refractivity contribution is 0.487. The van der Waals surface area contributed by atoms with Crippen LogP contribution in [0.2, 0.25) is 0 Å². The highest BCUT2D eigenvalue weighted by atomic mass is 14.6. The summed E-state index contributed by atoms with van der Waals surface area (Å²) >= 11 is 0. The third-order valence-electron chi connectivity index (χ3n) is 3.34. The summed E-state index contributed by atoms with van der Waals surface area (Å²) in [6, 6.07) is 8.53. The number of pyridine rings is 1. The molecule has 0 aliphatic heterocycles. The third kappa shape index (κ3) is 1.95. The van der Waals surface area contributed by atoms with Crippen LogP contribution in [0, 0.1) is 5.92 Å². The van der Waals surface area contributed by atoms with Crippen LogP contribution in [0.15, 0.2) is 36.7 Å². The molecule has 0 fully saturated rings. The summed E-state index contributed by atoms with van der Waals surface area (Å²) in [5.41, 5.74) is 1.40. The van der Waals surface area contributed by atoms with Crippen LogP contribution in [-0.2, 0) is 0 Å². The number of hydrogen-bond donors (Lipinski definition) is 0. The molecule has 1 unspecified atom stereocenters. The summed E-state index contributed by atoms with van der Waals surface area (Å²) in [5.74, 6) is 1.27. The van der Waals surface area contributed by atoms with Crippen molar-refractivity contribution >= 4 is 10.8 Å². The lowest BCUT2D eigenvalue weighted by Gasteiger charge is -2.20. The minimum absolute atomic E-state index is 0.610. The van der Waals surface area contributed by atoms with Gasteiger partial charge >= 0.3 is 0 Å². The van der Waals surface area contributed by atoms with Crippen LogP contribution in [0.4, 0.5) is 0 Å². The molecule has 0 N–H and O–H groups in total. The topological polar surface area (TPSA) is 12.9 Å². The summed E-state index contributed by atoms with van der Waals surface area (Å²) in [5, 5.41) is 2.61. The van der Waals surface area contributed by atoms with Gasteiger partial charge in [0.2, 0.25) is 0 Å². The highest BCUT2D eigenvalue weighted by molar-refractivity contribution is 5.85. The molecule has 1 aromatic heterocycles. The van der Waals surface area contributed by atoms with Gasteiger partial charge in [-0.1, -0.05) is 45.0 Å². The second-order valence-corrected chi connectivity index (χ2v) is 4.71. The van der Waals surface area contributed by atoms with E-state index in [-0.39, 0.29) is 0 Å². The van der Waals surface area contributed by atoms with Gasteiger partial charge in [0.15, 0.2) is 0 Å². The highest BCUT2D eigenvalue weighted by Crippen LogP contribution is 2.32. The van der Waals surface area contributed by atoms with E-state index < -0.39 is 0 Å². The number of aromatic nitrogens is 1. The first-order valence-corrected chi connectivity index (χ1v) is 6.06. The lowest BCUT2D eigenvalue weighted by Crippen LogP contribution is -2.06. The maximum atomic E-state index is 4.36. The van der Waals surface area contributed by atoms with Gasteiger partial charge in [0.25, 0.3) is 0 Å². The molecule has 1 nitrogen and oxygen atoms in total. The van der Waals surface area contributed by atoms with Crippen molar-refractivity contribution in [3.8, 4) is 0 Å². The SMILES string of the molecule is CCC(c1cncc2ccccc12)C(C)C. The second kappa shape index (κ2) is 4.65. The van der Waals surface area contributed by atoms with E-state index in [0.717, 1.165) is 0 Å². The predicted molar refractivity (Wildman–Crippen MR) is 69.6 cm³/mol. The molecular weight excluding hydrogens is 194 g/mol. The molecule has 0 bridgehead atoms. The normalized spacial score (nSPS) is 13.2. The first-order valence-electron chi connectivity index (χ1n) is 6.06. The first-order chi connectivity index (χ1) is 7.74. The summed E-state index contributed by atoms with van der Waals surface area (Å²) in [7, 11) is 0. The Labute approximate surface area is 97.5 Å². The number of fused-ring (bicyclic) bond motifs is 1. The van der Waals surface area contributed by atoms with Crippen molar-refractivity contribution < 1.29 is 0 Å². The zero-order valence-corrected chi connectivity index (χ0v) is 10.3. The van der Waals surface area contributed by atoms with Crippen molar-refractivity contribution in [2.24, 2.45) is 5.92 Å². The van der Waals surface area contributed by atoms with Gasteiger partial charge in [-0.05, 0) is 29.2 Å². The van der Waals surface area contributed by atoms with Crippen LogP contribution in [0.3, 0.4) is 0 Å². The Hall–Kier alpha value is -1.37. The van der Waals surface area contributed by atoms with Gasteiger partial charge in [-0.25, -0.2) is 0 Å². The van der Waals surface area contributed by atoms with E-state index in [4.69, 9.17) is 0 Å². The van der Waals surface area contributed by atoms with E-state index in [1.165, 1.54) is 22.8 Å². The predicted octanol–water partition coefficient (Wildman–Crippen LogP) is 4.38. The molecule has 0 amide bonds. The van der Waals surface area contributed by atoms with Crippen LogP contribution < -0.4 is 0 Å².